The lowest BCUT2D eigenvalue weighted by atomic mass is 10.0. The quantitative estimate of drug-likeness (QED) is 0.908. The van der Waals surface area contributed by atoms with Gasteiger partial charge in [0.15, 0.2) is 5.78 Å². The number of carbonyl (C=O) groups is 2. The molecule has 0 saturated heterocycles. The molecule has 0 atom stereocenters. The SMILES string of the molecule is CC(C)CCNC(=O)N1CCC(=O)c2ccccc21. The van der Waals surface area contributed by atoms with Crippen LogP contribution >= 0.6 is 0 Å². The molecule has 102 valence electrons. The Balaban J connectivity index is 2.07. The van der Waals surface area contributed by atoms with Gasteiger partial charge in [-0.3, -0.25) is 9.69 Å². The number of rotatable bonds is 3. The van der Waals surface area contributed by atoms with Gasteiger partial charge in [-0.25, -0.2) is 4.79 Å². The maximum atomic E-state index is 12.2. The Labute approximate surface area is 113 Å². The number of hydrogen-bond donors (Lipinski definition) is 1. The van der Waals surface area contributed by atoms with Crippen LogP contribution in [0, 0.1) is 5.92 Å². The molecular weight excluding hydrogens is 240 g/mol. The third-order valence-corrected chi connectivity index (χ3v) is 3.30. The molecule has 0 aromatic heterocycles. The number of Topliss-reactive ketones (excluding diaryl/α,β-unsaturated/α-hetero) is 1. The van der Waals surface area contributed by atoms with Crippen LogP contribution in [0.1, 0.15) is 37.0 Å². The highest BCUT2D eigenvalue weighted by Crippen LogP contribution is 2.26. The molecule has 0 spiro atoms. The van der Waals surface area contributed by atoms with Crippen LogP contribution in [0.4, 0.5) is 10.5 Å². The van der Waals surface area contributed by atoms with E-state index in [0.717, 1.165) is 12.1 Å². The standard InChI is InChI=1S/C15H20N2O2/c1-11(2)7-9-16-15(19)17-10-8-14(18)12-5-3-4-6-13(12)17/h3-6,11H,7-10H2,1-2H3,(H,16,19). The van der Waals surface area contributed by atoms with Crippen molar-refractivity contribution in [1.82, 2.24) is 5.32 Å². The number of nitrogens with zero attached hydrogens (tertiary/aromatic N) is 1. The second kappa shape index (κ2) is 5.87. The lowest BCUT2D eigenvalue weighted by Gasteiger charge is -2.28. The Bertz CT molecular complexity index is 483. The van der Waals surface area contributed by atoms with E-state index in [1.807, 2.05) is 18.2 Å². The molecule has 4 nitrogen and oxygen atoms in total. The molecular formula is C15H20N2O2. The maximum Gasteiger partial charge on any atom is 0.321 e. The second-order valence-corrected chi connectivity index (χ2v) is 5.26. The molecule has 19 heavy (non-hydrogen) atoms. The first kappa shape index (κ1) is 13.6. The molecule has 0 unspecified atom stereocenters. The van der Waals surface area contributed by atoms with E-state index in [4.69, 9.17) is 0 Å². The molecule has 0 radical (unpaired) electrons. The highest BCUT2D eigenvalue weighted by Gasteiger charge is 2.26. The maximum absolute atomic E-state index is 12.2. The van der Waals surface area contributed by atoms with Crippen molar-refractivity contribution in [2.45, 2.75) is 26.7 Å². The lowest BCUT2D eigenvalue weighted by molar-refractivity contribution is 0.0981. The van der Waals surface area contributed by atoms with Gasteiger partial charge >= 0.3 is 6.03 Å². The summed E-state index contributed by atoms with van der Waals surface area (Å²) in [6.45, 7) is 5.38. The van der Waals surface area contributed by atoms with Crippen molar-refractivity contribution < 1.29 is 9.59 Å². The topological polar surface area (TPSA) is 49.4 Å². The Hall–Kier alpha value is -1.84. The summed E-state index contributed by atoms with van der Waals surface area (Å²) < 4.78 is 0. The predicted octanol–water partition coefficient (Wildman–Crippen LogP) is 2.84. The molecule has 1 aromatic rings. The summed E-state index contributed by atoms with van der Waals surface area (Å²) in [4.78, 5) is 25.6. The van der Waals surface area contributed by atoms with Gasteiger partial charge in [0.05, 0.1) is 5.69 Å². The molecule has 0 saturated carbocycles. The van der Waals surface area contributed by atoms with Gasteiger partial charge < -0.3 is 5.32 Å². The van der Waals surface area contributed by atoms with Gasteiger partial charge in [-0.2, -0.15) is 0 Å². The number of anilines is 1. The highest BCUT2D eigenvalue weighted by molar-refractivity contribution is 6.08. The van der Waals surface area contributed by atoms with Crippen LogP contribution in [0.15, 0.2) is 24.3 Å². The van der Waals surface area contributed by atoms with Crippen molar-refractivity contribution in [3.05, 3.63) is 29.8 Å². The average molecular weight is 260 g/mol. The summed E-state index contributed by atoms with van der Waals surface area (Å²) in [7, 11) is 0. The van der Waals surface area contributed by atoms with Gasteiger partial charge in [0, 0.05) is 25.1 Å². The minimum atomic E-state index is -0.111. The summed E-state index contributed by atoms with van der Waals surface area (Å²) in [5.41, 5.74) is 1.37. The number of fused-ring (bicyclic) bond motifs is 1. The van der Waals surface area contributed by atoms with Crippen molar-refractivity contribution in [2.24, 2.45) is 5.92 Å². The van der Waals surface area contributed by atoms with Gasteiger partial charge in [0.25, 0.3) is 0 Å². The molecule has 2 rings (SSSR count). The predicted molar refractivity (Wildman–Crippen MR) is 75.6 cm³/mol. The second-order valence-electron chi connectivity index (χ2n) is 5.26. The fraction of sp³-hybridized carbons (Fsp3) is 0.467. The summed E-state index contributed by atoms with van der Waals surface area (Å²) >= 11 is 0. The summed E-state index contributed by atoms with van der Waals surface area (Å²) in [6.07, 6.45) is 1.36. The number of hydrogen-bond acceptors (Lipinski definition) is 2. The van der Waals surface area contributed by atoms with Crippen molar-refractivity contribution in [2.75, 3.05) is 18.0 Å². The van der Waals surface area contributed by atoms with E-state index >= 15 is 0 Å². The van der Waals surface area contributed by atoms with E-state index < -0.39 is 0 Å². The number of urea groups is 1. The molecule has 2 amide bonds. The van der Waals surface area contributed by atoms with Gasteiger partial charge in [0.2, 0.25) is 0 Å². The normalized spacial score (nSPS) is 14.5. The molecule has 1 aliphatic heterocycles. The van der Waals surface area contributed by atoms with Crippen LogP contribution in [0.5, 0.6) is 0 Å². The molecule has 1 heterocycles. The first-order chi connectivity index (χ1) is 9.09. The average Bonchev–Trinajstić information content (AvgIpc) is 2.39. The van der Waals surface area contributed by atoms with E-state index in [1.165, 1.54) is 0 Å². The monoisotopic (exact) mass is 260 g/mol. The minimum Gasteiger partial charge on any atom is -0.338 e. The lowest BCUT2D eigenvalue weighted by Crippen LogP contribution is -2.44. The number of ketones is 1. The minimum absolute atomic E-state index is 0.111. The fourth-order valence-electron chi connectivity index (χ4n) is 2.19. The molecule has 0 bridgehead atoms. The van der Waals surface area contributed by atoms with Crippen LogP contribution in [0.25, 0.3) is 0 Å². The molecule has 1 aliphatic rings. The van der Waals surface area contributed by atoms with Crippen LogP contribution in [-0.4, -0.2) is 24.9 Å². The van der Waals surface area contributed by atoms with E-state index in [1.54, 1.807) is 11.0 Å². The van der Waals surface area contributed by atoms with Crippen LogP contribution in [-0.2, 0) is 0 Å². The van der Waals surface area contributed by atoms with Crippen molar-refractivity contribution in [1.29, 1.82) is 0 Å². The number of benzene rings is 1. The Morgan fingerprint density at radius 3 is 2.84 bits per heavy atom. The molecule has 1 N–H and O–H groups in total. The summed E-state index contributed by atoms with van der Waals surface area (Å²) in [6, 6.07) is 7.18. The van der Waals surface area contributed by atoms with Crippen molar-refractivity contribution in [3.63, 3.8) is 0 Å². The Kier molecular flexibility index (Phi) is 4.20. The van der Waals surface area contributed by atoms with Gasteiger partial charge in [-0.15, -0.1) is 0 Å². The van der Waals surface area contributed by atoms with Gasteiger partial charge in [0.1, 0.15) is 0 Å². The third kappa shape index (κ3) is 3.13. The number of nitrogens with one attached hydrogen (secondary N) is 1. The Morgan fingerprint density at radius 2 is 2.11 bits per heavy atom. The van der Waals surface area contributed by atoms with E-state index in [9.17, 15) is 9.59 Å². The first-order valence-electron chi connectivity index (χ1n) is 6.77. The summed E-state index contributed by atoms with van der Waals surface area (Å²) in [5, 5.41) is 2.92. The highest BCUT2D eigenvalue weighted by atomic mass is 16.2. The number of para-hydroxylation sites is 1. The van der Waals surface area contributed by atoms with Crippen LogP contribution < -0.4 is 10.2 Å². The molecule has 4 heteroatoms. The van der Waals surface area contributed by atoms with E-state index in [0.29, 0.717) is 31.0 Å². The zero-order chi connectivity index (χ0) is 13.8. The van der Waals surface area contributed by atoms with Crippen molar-refractivity contribution in [3.8, 4) is 0 Å². The number of amides is 2. The zero-order valence-corrected chi connectivity index (χ0v) is 11.5. The van der Waals surface area contributed by atoms with Crippen LogP contribution in [0.3, 0.4) is 0 Å². The van der Waals surface area contributed by atoms with Gasteiger partial charge in [-0.05, 0) is 24.5 Å². The van der Waals surface area contributed by atoms with Crippen LogP contribution in [0.2, 0.25) is 0 Å². The summed E-state index contributed by atoms with van der Waals surface area (Å²) in [5.74, 6) is 0.678. The smallest absolute Gasteiger partial charge is 0.321 e. The number of carbonyl (C=O) groups excluding carboxylic acids is 2. The zero-order valence-electron chi connectivity index (χ0n) is 11.5. The third-order valence-electron chi connectivity index (χ3n) is 3.30. The molecule has 1 aromatic carbocycles. The van der Waals surface area contributed by atoms with E-state index in [2.05, 4.69) is 19.2 Å². The largest absolute Gasteiger partial charge is 0.338 e. The fourth-order valence-corrected chi connectivity index (χ4v) is 2.19. The Morgan fingerprint density at radius 1 is 1.37 bits per heavy atom. The van der Waals surface area contributed by atoms with Gasteiger partial charge in [-0.1, -0.05) is 26.0 Å². The molecule has 0 fully saturated rings. The van der Waals surface area contributed by atoms with Crippen molar-refractivity contribution >= 4 is 17.5 Å². The molecule has 0 aliphatic carbocycles. The van der Waals surface area contributed by atoms with E-state index in [-0.39, 0.29) is 11.8 Å². The first-order valence-corrected chi connectivity index (χ1v) is 6.77.